The Morgan fingerprint density at radius 2 is 1.80 bits per heavy atom. The van der Waals surface area contributed by atoms with Gasteiger partial charge in [-0.1, -0.05) is 42.8 Å². The van der Waals surface area contributed by atoms with Gasteiger partial charge in [-0.15, -0.1) is 0 Å². The van der Waals surface area contributed by atoms with Gasteiger partial charge in [-0.05, 0) is 36.1 Å². The lowest BCUT2D eigenvalue weighted by molar-refractivity contribution is -0.147. The standard InChI is InChI=1S/C19H17F3O3/c20-19(21,22)15-8-7-14(18(17(23)24)9-4-10-18)11-16(15)25-12-13-5-2-1-3-6-13/h1-3,5-8,11H,4,9-10,12H2,(H,23,24). The van der Waals surface area contributed by atoms with Gasteiger partial charge in [0.1, 0.15) is 12.4 Å². The highest BCUT2D eigenvalue weighted by Crippen LogP contribution is 2.46. The average molecular weight is 350 g/mol. The summed E-state index contributed by atoms with van der Waals surface area (Å²) in [6.07, 6.45) is -2.98. The van der Waals surface area contributed by atoms with Crippen molar-refractivity contribution in [3.8, 4) is 5.75 Å². The van der Waals surface area contributed by atoms with E-state index in [4.69, 9.17) is 4.74 Å². The second-order valence-corrected chi connectivity index (χ2v) is 6.22. The quantitative estimate of drug-likeness (QED) is 0.843. The van der Waals surface area contributed by atoms with Crippen LogP contribution in [0.4, 0.5) is 13.2 Å². The Morgan fingerprint density at radius 1 is 1.12 bits per heavy atom. The fourth-order valence-corrected chi connectivity index (χ4v) is 3.07. The molecule has 2 aromatic carbocycles. The SMILES string of the molecule is O=C(O)C1(c2ccc(C(F)(F)F)c(OCc3ccccc3)c2)CCC1. The van der Waals surface area contributed by atoms with Crippen molar-refractivity contribution >= 4 is 5.97 Å². The lowest BCUT2D eigenvalue weighted by Crippen LogP contribution is -2.42. The van der Waals surface area contributed by atoms with Crippen molar-refractivity contribution in [3.05, 3.63) is 65.2 Å². The lowest BCUT2D eigenvalue weighted by Gasteiger charge is -2.38. The summed E-state index contributed by atoms with van der Waals surface area (Å²) in [6.45, 7) is -0.0204. The maximum absolute atomic E-state index is 13.3. The number of ether oxygens (including phenoxy) is 1. The lowest BCUT2D eigenvalue weighted by atomic mass is 9.64. The highest BCUT2D eigenvalue weighted by Gasteiger charge is 2.47. The van der Waals surface area contributed by atoms with Gasteiger partial charge in [0.05, 0.1) is 11.0 Å². The third-order valence-corrected chi connectivity index (χ3v) is 4.69. The number of carboxylic acids is 1. The molecule has 0 unspecified atom stereocenters. The van der Waals surface area contributed by atoms with E-state index >= 15 is 0 Å². The molecule has 6 heteroatoms. The summed E-state index contributed by atoms with van der Waals surface area (Å²) in [5.41, 5.74) is -0.901. The molecule has 3 rings (SSSR count). The van der Waals surface area contributed by atoms with E-state index in [1.54, 1.807) is 30.3 Å². The topological polar surface area (TPSA) is 46.5 Å². The summed E-state index contributed by atoms with van der Waals surface area (Å²) in [5.74, 6) is -1.34. The zero-order valence-electron chi connectivity index (χ0n) is 13.3. The Kier molecular flexibility index (Phi) is 4.45. The predicted molar refractivity (Wildman–Crippen MR) is 85.4 cm³/mol. The van der Waals surface area contributed by atoms with Gasteiger partial charge in [0, 0.05) is 0 Å². The molecule has 0 aliphatic heterocycles. The predicted octanol–water partition coefficient (Wildman–Crippen LogP) is 4.79. The summed E-state index contributed by atoms with van der Waals surface area (Å²) >= 11 is 0. The van der Waals surface area contributed by atoms with Crippen LogP contribution in [0.1, 0.15) is 36.0 Å². The maximum atomic E-state index is 13.3. The second-order valence-electron chi connectivity index (χ2n) is 6.22. The van der Waals surface area contributed by atoms with Gasteiger partial charge in [0.25, 0.3) is 0 Å². The molecule has 1 fully saturated rings. The van der Waals surface area contributed by atoms with E-state index in [0.717, 1.165) is 18.1 Å². The van der Waals surface area contributed by atoms with Crippen LogP contribution in [0.25, 0.3) is 0 Å². The zero-order chi connectivity index (χ0) is 18.1. The van der Waals surface area contributed by atoms with E-state index in [1.165, 1.54) is 12.1 Å². The number of carboxylic acid groups (broad SMARTS) is 1. The first-order valence-electron chi connectivity index (χ1n) is 7.95. The number of halogens is 3. The first-order valence-corrected chi connectivity index (χ1v) is 7.95. The minimum atomic E-state index is -4.57. The van der Waals surface area contributed by atoms with Crippen LogP contribution in [0, 0.1) is 0 Å². The van der Waals surface area contributed by atoms with Crippen LogP contribution in [-0.4, -0.2) is 11.1 Å². The Hall–Kier alpha value is -2.50. The van der Waals surface area contributed by atoms with Crippen LogP contribution >= 0.6 is 0 Å². The zero-order valence-corrected chi connectivity index (χ0v) is 13.3. The third-order valence-electron chi connectivity index (χ3n) is 4.69. The van der Waals surface area contributed by atoms with Gasteiger partial charge in [-0.25, -0.2) is 0 Å². The molecular formula is C19H17F3O3. The average Bonchev–Trinajstić information content (AvgIpc) is 2.51. The monoisotopic (exact) mass is 350 g/mol. The van der Waals surface area contributed by atoms with Gasteiger partial charge in [0.15, 0.2) is 0 Å². The van der Waals surface area contributed by atoms with E-state index in [0.29, 0.717) is 18.4 Å². The van der Waals surface area contributed by atoms with Crippen LogP contribution in [0.15, 0.2) is 48.5 Å². The Balaban J connectivity index is 1.95. The molecule has 3 nitrogen and oxygen atoms in total. The fraction of sp³-hybridized carbons (Fsp3) is 0.316. The minimum Gasteiger partial charge on any atom is -0.488 e. The van der Waals surface area contributed by atoms with Crippen LogP contribution in [0.3, 0.4) is 0 Å². The van der Waals surface area contributed by atoms with Crippen LogP contribution in [-0.2, 0) is 23.0 Å². The molecule has 132 valence electrons. The molecule has 0 bridgehead atoms. The minimum absolute atomic E-state index is 0.0204. The first kappa shape index (κ1) is 17.3. The van der Waals surface area contributed by atoms with Gasteiger partial charge in [0.2, 0.25) is 0 Å². The number of carbonyl (C=O) groups is 1. The van der Waals surface area contributed by atoms with Gasteiger partial charge in [-0.2, -0.15) is 13.2 Å². The van der Waals surface area contributed by atoms with E-state index < -0.39 is 23.1 Å². The molecule has 0 heterocycles. The van der Waals surface area contributed by atoms with Crippen LogP contribution in [0.2, 0.25) is 0 Å². The maximum Gasteiger partial charge on any atom is 0.419 e. The Labute approximate surface area is 143 Å². The molecule has 0 spiro atoms. The Morgan fingerprint density at radius 3 is 2.32 bits per heavy atom. The number of aliphatic carboxylic acids is 1. The van der Waals surface area contributed by atoms with Crippen molar-refractivity contribution in [1.82, 2.24) is 0 Å². The van der Waals surface area contributed by atoms with Crippen LogP contribution < -0.4 is 4.74 Å². The van der Waals surface area contributed by atoms with Crippen molar-refractivity contribution in [2.24, 2.45) is 0 Å². The van der Waals surface area contributed by atoms with E-state index in [1.807, 2.05) is 0 Å². The molecule has 0 atom stereocenters. The summed E-state index contributed by atoms with van der Waals surface area (Å²) in [4.78, 5) is 11.6. The second kappa shape index (κ2) is 6.43. The van der Waals surface area contributed by atoms with Crippen molar-refractivity contribution in [2.45, 2.75) is 37.5 Å². The number of hydrogen-bond acceptors (Lipinski definition) is 2. The molecular weight excluding hydrogens is 333 g/mol. The van der Waals surface area contributed by atoms with Gasteiger partial charge < -0.3 is 9.84 Å². The van der Waals surface area contributed by atoms with Crippen LogP contribution in [0.5, 0.6) is 5.75 Å². The summed E-state index contributed by atoms with van der Waals surface area (Å²) in [6, 6.07) is 12.3. The smallest absolute Gasteiger partial charge is 0.419 e. The van der Waals surface area contributed by atoms with Crippen molar-refractivity contribution in [3.63, 3.8) is 0 Å². The number of hydrogen-bond donors (Lipinski definition) is 1. The third kappa shape index (κ3) is 3.34. The molecule has 1 aliphatic rings. The number of alkyl halides is 3. The largest absolute Gasteiger partial charge is 0.488 e. The first-order chi connectivity index (χ1) is 11.8. The van der Waals surface area contributed by atoms with E-state index in [2.05, 4.69) is 0 Å². The van der Waals surface area contributed by atoms with E-state index in [-0.39, 0.29) is 12.4 Å². The highest BCUT2D eigenvalue weighted by atomic mass is 19.4. The number of rotatable bonds is 5. The van der Waals surface area contributed by atoms with Crippen molar-refractivity contribution < 1.29 is 27.8 Å². The molecule has 25 heavy (non-hydrogen) atoms. The summed E-state index contributed by atoms with van der Waals surface area (Å²) < 4.78 is 45.2. The molecule has 2 aromatic rings. The van der Waals surface area contributed by atoms with Gasteiger partial charge in [-0.3, -0.25) is 4.79 Å². The van der Waals surface area contributed by atoms with E-state index in [9.17, 15) is 23.1 Å². The molecule has 0 aromatic heterocycles. The molecule has 0 radical (unpaired) electrons. The fourth-order valence-electron chi connectivity index (χ4n) is 3.07. The van der Waals surface area contributed by atoms with Gasteiger partial charge >= 0.3 is 12.1 Å². The Bertz CT molecular complexity index is 765. The molecule has 1 aliphatic carbocycles. The summed E-state index contributed by atoms with van der Waals surface area (Å²) in [7, 11) is 0. The molecule has 0 saturated heterocycles. The molecule has 1 N–H and O–H groups in total. The molecule has 1 saturated carbocycles. The highest BCUT2D eigenvalue weighted by molar-refractivity contribution is 5.82. The van der Waals surface area contributed by atoms with Crippen molar-refractivity contribution in [2.75, 3.05) is 0 Å². The van der Waals surface area contributed by atoms with Crippen molar-refractivity contribution in [1.29, 1.82) is 0 Å². The number of benzene rings is 2. The summed E-state index contributed by atoms with van der Waals surface area (Å²) in [5, 5.41) is 9.50. The normalized spacial score (nSPS) is 16.1. The molecule has 0 amide bonds.